The Labute approximate surface area is 109 Å². The van der Waals surface area contributed by atoms with E-state index in [1.807, 2.05) is 0 Å². The van der Waals surface area contributed by atoms with Gasteiger partial charge in [-0.15, -0.1) is 0 Å². The molecule has 1 atom stereocenters. The van der Waals surface area contributed by atoms with Crippen molar-refractivity contribution in [3.63, 3.8) is 0 Å². The Morgan fingerprint density at radius 1 is 1.32 bits per heavy atom. The van der Waals surface area contributed by atoms with Gasteiger partial charge < -0.3 is 5.32 Å². The van der Waals surface area contributed by atoms with Crippen LogP contribution in [-0.2, 0) is 9.59 Å². The van der Waals surface area contributed by atoms with E-state index in [2.05, 4.69) is 10.9 Å². The molecular formula is C12H16F2N3O2+. The Hall–Kier alpha value is -2.02. The van der Waals surface area contributed by atoms with E-state index in [4.69, 9.17) is 0 Å². The van der Waals surface area contributed by atoms with Crippen molar-refractivity contribution in [2.24, 2.45) is 0 Å². The standard InChI is InChI=1S/C12H15F2N3O2/c1-7(10-4-3-9(13)5-11(10)14)15-6-12(19)17-16-8(2)18/h3-5,7,15H,6H2,1-2H3,(H,16,18)(H,17,19)/p+1/t7-/m0/s1. The Bertz CT molecular complexity index is 480. The van der Waals surface area contributed by atoms with Gasteiger partial charge in [0, 0.05) is 18.6 Å². The Balaban J connectivity index is 2.48. The molecule has 0 heterocycles. The van der Waals surface area contributed by atoms with Gasteiger partial charge >= 0.3 is 0 Å². The smallest absolute Gasteiger partial charge is 0.293 e. The molecule has 0 saturated heterocycles. The summed E-state index contributed by atoms with van der Waals surface area (Å²) >= 11 is 0. The number of rotatable bonds is 4. The van der Waals surface area contributed by atoms with Gasteiger partial charge in [0.2, 0.25) is 5.91 Å². The monoisotopic (exact) mass is 272 g/mol. The Kier molecular flexibility index (Phi) is 5.37. The fourth-order valence-corrected chi connectivity index (χ4v) is 1.49. The molecular weight excluding hydrogens is 256 g/mol. The number of carbonyl (C=O) groups excluding carboxylic acids is 2. The largest absolute Gasteiger partial charge is 0.332 e. The number of quaternary nitrogens is 1. The van der Waals surface area contributed by atoms with Gasteiger partial charge in [-0.2, -0.15) is 0 Å². The highest BCUT2D eigenvalue weighted by Gasteiger charge is 2.15. The maximum atomic E-state index is 13.5. The van der Waals surface area contributed by atoms with Gasteiger partial charge in [-0.1, -0.05) is 0 Å². The molecule has 1 aromatic carbocycles. The molecule has 0 spiro atoms. The highest BCUT2D eigenvalue weighted by Crippen LogP contribution is 2.14. The van der Waals surface area contributed by atoms with Crippen LogP contribution < -0.4 is 16.2 Å². The summed E-state index contributed by atoms with van der Waals surface area (Å²) in [6.45, 7) is 2.97. The van der Waals surface area contributed by atoms with Crippen LogP contribution in [0.3, 0.4) is 0 Å². The minimum absolute atomic E-state index is 0.0122. The highest BCUT2D eigenvalue weighted by atomic mass is 19.1. The Morgan fingerprint density at radius 3 is 2.58 bits per heavy atom. The lowest BCUT2D eigenvalue weighted by atomic mass is 10.1. The zero-order valence-corrected chi connectivity index (χ0v) is 10.7. The van der Waals surface area contributed by atoms with Gasteiger partial charge in [-0.3, -0.25) is 20.4 Å². The molecule has 104 valence electrons. The van der Waals surface area contributed by atoms with Gasteiger partial charge in [0.15, 0.2) is 6.54 Å². The van der Waals surface area contributed by atoms with Crippen LogP contribution in [-0.4, -0.2) is 18.4 Å². The number of nitrogens with one attached hydrogen (secondary N) is 2. The summed E-state index contributed by atoms with van der Waals surface area (Å²) < 4.78 is 26.2. The second-order valence-corrected chi connectivity index (χ2v) is 4.12. The first kappa shape index (κ1) is 15.0. The molecule has 7 heteroatoms. The number of nitrogens with two attached hydrogens (primary N) is 1. The van der Waals surface area contributed by atoms with Crippen molar-refractivity contribution in [1.82, 2.24) is 10.9 Å². The van der Waals surface area contributed by atoms with Crippen molar-refractivity contribution in [3.05, 3.63) is 35.4 Å². The van der Waals surface area contributed by atoms with Crippen LogP contribution in [0.5, 0.6) is 0 Å². The molecule has 4 N–H and O–H groups in total. The first-order valence-electron chi connectivity index (χ1n) is 5.74. The van der Waals surface area contributed by atoms with E-state index in [-0.39, 0.29) is 18.5 Å². The summed E-state index contributed by atoms with van der Waals surface area (Å²) in [5, 5.41) is 1.58. The van der Waals surface area contributed by atoms with Gasteiger partial charge in [-0.25, -0.2) is 8.78 Å². The van der Waals surface area contributed by atoms with Crippen LogP contribution >= 0.6 is 0 Å². The zero-order chi connectivity index (χ0) is 14.4. The third kappa shape index (κ3) is 5.01. The summed E-state index contributed by atoms with van der Waals surface area (Å²) in [4.78, 5) is 21.9. The van der Waals surface area contributed by atoms with E-state index in [1.165, 1.54) is 19.1 Å². The predicted molar refractivity (Wildman–Crippen MR) is 63.5 cm³/mol. The van der Waals surface area contributed by atoms with E-state index >= 15 is 0 Å². The lowest BCUT2D eigenvalue weighted by Gasteiger charge is -2.12. The molecule has 1 rings (SSSR count). The average molecular weight is 272 g/mol. The van der Waals surface area contributed by atoms with Crippen LogP contribution in [0.2, 0.25) is 0 Å². The number of halogens is 2. The highest BCUT2D eigenvalue weighted by molar-refractivity contribution is 5.81. The first-order chi connectivity index (χ1) is 8.90. The molecule has 0 saturated carbocycles. The van der Waals surface area contributed by atoms with E-state index in [0.717, 1.165) is 6.07 Å². The molecule has 2 amide bonds. The molecule has 0 aromatic heterocycles. The molecule has 19 heavy (non-hydrogen) atoms. The quantitative estimate of drug-likeness (QED) is 0.662. The predicted octanol–water partition coefficient (Wildman–Crippen LogP) is -0.243. The lowest BCUT2D eigenvalue weighted by Crippen LogP contribution is -2.87. The fraction of sp³-hybridized carbons (Fsp3) is 0.333. The van der Waals surface area contributed by atoms with Crippen molar-refractivity contribution < 1.29 is 23.7 Å². The maximum absolute atomic E-state index is 13.5. The second kappa shape index (κ2) is 6.79. The van der Waals surface area contributed by atoms with Crippen LogP contribution in [0.4, 0.5) is 8.78 Å². The summed E-state index contributed by atoms with van der Waals surface area (Å²) in [7, 11) is 0. The normalized spacial score (nSPS) is 11.8. The van der Waals surface area contributed by atoms with E-state index in [9.17, 15) is 18.4 Å². The van der Waals surface area contributed by atoms with Crippen molar-refractivity contribution in [1.29, 1.82) is 0 Å². The van der Waals surface area contributed by atoms with Gasteiger partial charge in [0.25, 0.3) is 5.91 Å². The molecule has 0 aliphatic rings. The van der Waals surface area contributed by atoms with E-state index in [1.54, 1.807) is 12.2 Å². The maximum Gasteiger partial charge on any atom is 0.293 e. The summed E-state index contributed by atoms with van der Waals surface area (Å²) in [5.41, 5.74) is 4.65. The third-order valence-electron chi connectivity index (χ3n) is 2.49. The van der Waals surface area contributed by atoms with Gasteiger partial charge in [0.1, 0.15) is 17.7 Å². The van der Waals surface area contributed by atoms with Gasteiger partial charge in [0.05, 0.1) is 0 Å². The van der Waals surface area contributed by atoms with E-state index < -0.39 is 17.5 Å². The summed E-state index contributed by atoms with van der Waals surface area (Å²) in [6, 6.07) is 2.97. The third-order valence-corrected chi connectivity index (χ3v) is 2.49. The second-order valence-electron chi connectivity index (χ2n) is 4.12. The van der Waals surface area contributed by atoms with Gasteiger partial charge in [-0.05, 0) is 19.1 Å². The molecule has 0 aliphatic heterocycles. The van der Waals surface area contributed by atoms with Crippen molar-refractivity contribution in [2.75, 3.05) is 6.54 Å². The zero-order valence-electron chi connectivity index (χ0n) is 10.7. The summed E-state index contributed by atoms with van der Waals surface area (Å²) in [6.07, 6.45) is 0. The summed E-state index contributed by atoms with van der Waals surface area (Å²) in [5.74, 6) is -2.08. The molecule has 0 bridgehead atoms. The minimum atomic E-state index is -0.647. The van der Waals surface area contributed by atoms with Crippen LogP contribution in [0.25, 0.3) is 0 Å². The number of amides is 2. The average Bonchev–Trinajstić information content (AvgIpc) is 2.33. The molecule has 0 radical (unpaired) electrons. The fourth-order valence-electron chi connectivity index (χ4n) is 1.49. The van der Waals surface area contributed by atoms with Crippen LogP contribution in [0.15, 0.2) is 18.2 Å². The van der Waals surface area contributed by atoms with Crippen molar-refractivity contribution in [3.8, 4) is 0 Å². The van der Waals surface area contributed by atoms with Crippen molar-refractivity contribution in [2.45, 2.75) is 19.9 Å². The number of carbonyl (C=O) groups is 2. The van der Waals surface area contributed by atoms with Crippen LogP contribution in [0.1, 0.15) is 25.5 Å². The molecule has 1 aromatic rings. The topological polar surface area (TPSA) is 74.8 Å². The van der Waals surface area contributed by atoms with Crippen molar-refractivity contribution >= 4 is 11.8 Å². The number of hydrogen-bond acceptors (Lipinski definition) is 2. The number of hydrogen-bond donors (Lipinski definition) is 3. The number of hydrazine groups is 1. The van der Waals surface area contributed by atoms with E-state index in [0.29, 0.717) is 5.56 Å². The Morgan fingerprint density at radius 2 is 2.00 bits per heavy atom. The first-order valence-corrected chi connectivity index (χ1v) is 5.74. The van der Waals surface area contributed by atoms with Crippen LogP contribution in [0, 0.1) is 11.6 Å². The molecule has 0 aliphatic carbocycles. The molecule has 5 nitrogen and oxygen atoms in total. The minimum Gasteiger partial charge on any atom is -0.332 e. The number of benzene rings is 1. The molecule has 0 fully saturated rings. The molecule has 0 unspecified atom stereocenters. The SMILES string of the molecule is CC(=O)NNC(=O)C[NH2+][C@@H](C)c1ccc(F)cc1F. The lowest BCUT2D eigenvalue weighted by molar-refractivity contribution is -0.682.